The van der Waals surface area contributed by atoms with Gasteiger partial charge in [0.05, 0.1) is 18.7 Å². The lowest BCUT2D eigenvalue weighted by Crippen LogP contribution is -2.30. The van der Waals surface area contributed by atoms with Crippen LogP contribution in [0.4, 0.5) is 19.0 Å². The number of nitrogens with zero attached hydrogens (tertiary/aromatic N) is 2. The number of ketones is 1. The average Bonchev–Trinajstić information content (AvgIpc) is 2.75. The van der Waals surface area contributed by atoms with Crippen molar-refractivity contribution in [2.75, 3.05) is 11.9 Å². The molecule has 118 valence electrons. The number of aromatic nitrogens is 2. The summed E-state index contributed by atoms with van der Waals surface area (Å²) in [5.41, 5.74) is -0.305. The molecule has 0 aromatic carbocycles. The molecule has 10 heteroatoms. The molecule has 0 bridgehead atoms. The van der Waals surface area contributed by atoms with Crippen LogP contribution in [-0.2, 0) is 20.7 Å². The summed E-state index contributed by atoms with van der Waals surface area (Å²) in [4.78, 5) is 34.3. The van der Waals surface area contributed by atoms with E-state index in [2.05, 4.69) is 5.10 Å². The van der Waals surface area contributed by atoms with Gasteiger partial charge in [-0.15, -0.1) is 5.10 Å². The summed E-state index contributed by atoms with van der Waals surface area (Å²) in [6.07, 6.45) is -3.03. The number of hydrogen-bond donors (Lipinski definition) is 1. The lowest BCUT2D eigenvalue weighted by atomic mass is 10.1. The Kier molecular flexibility index (Phi) is 4.02. The fraction of sp³-hybridized carbons (Fsp3) is 0.333. The zero-order valence-electron chi connectivity index (χ0n) is 11.2. The summed E-state index contributed by atoms with van der Waals surface area (Å²) in [6, 6.07) is 0. The van der Waals surface area contributed by atoms with E-state index in [1.165, 1.54) is 18.4 Å². The smallest absolute Gasteiger partial charge is 0.462 e. The molecule has 0 atom stereocenters. The van der Waals surface area contributed by atoms with E-state index >= 15 is 0 Å². The molecule has 0 spiro atoms. The van der Waals surface area contributed by atoms with E-state index in [-0.39, 0.29) is 30.1 Å². The molecule has 0 saturated heterocycles. The van der Waals surface area contributed by atoms with Gasteiger partial charge in [-0.3, -0.25) is 9.59 Å². The van der Waals surface area contributed by atoms with Gasteiger partial charge in [-0.2, -0.15) is 13.2 Å². The van der Waals surface area contributed by atoms with Crippen molar-refractivity contribution in [3.63, 3.8) is 0 Å². The lowest BCUT2D eigenvalue weighted by Gasteiger charge is -2.09. The Morgan fingerprint density at radius 3 is 2.73 bits per heavy atom. The second kappa shape index (κ2) is 5.62. The molecule has 1 amide bonds. The van der Waals surface area contributed by atoms with Crippen LogP contribution in [0.1, 0.15) is 23.0 Å². The summed E-state index contributed by atoms with van der Waals surface area (Å²) in [6.45, 7) is 1.48. The van der Waals surface area contributed by atoms with Crippen LogP contribution in [0.25, 0.3) is 6.20 Å². The fourth-order valence-electron chi connectivity index (χ4n) is 1.82. The molecule has 22 heavy (non-hydrogen) atoms. The minimum Gasteiger partial charge on any atom is -0.462 e. The van der Waals surface area contributed by atoms with Crippen LogP contribution >= 0.6 is 0 Å². The van der Waals surface area contributed by atoms with E-state index in [4.69, 9.17) is 4.74 Å². The van der Waals surface area contributed by atoms with E-state index in [9.17, 15) is 27.6 Å². The van der Waals surface area contributed by atoms with Gasteiger partial charge in [-0.25, -0.2) is 9.48 Å². The highest BCUT2D eigenvalue weighted by Crippen LogP contribution is 2.26. The number of rotatable bonds is 3. The van der Waals surface area contributed by atoms with Crippen molar-refractivity contribution in [2.45, 2.75) is 19.5 Å². The molecule has 1 aliphatic rings. The predicted molar refractivity (Wildman–Crippen MR) is 66.9 cm³/mol. The molecule has 1 aromatic heterocycles. The summed E-state index contributed by atoms with van der Waals surface area (Å²) in [5, 5.41) is 5.21. The maximum Gasteiger partial charge on any atom is 0.471 e. The zero-order valence-corrected chi connectivity index (χ0v) is 11.2. The number of ether oxygens (including phenoxy) is 1. The van der Waals surface area contributed by atoms with Crippen LogP contribution < -0.4 is 5.32 Å². The van der Waals surface area contributed by atoms with Gasteiger partial charge >= 0.3 is 18.1 Å². The van der Waals surface area contributed by atoms with E-state index in [1.807, 2.05) is 0 Å². The van der Waals surface area contributed by atoms with Gasteiger partial charge in [0.25, 0.3) is 0 Å². The van der Waals surface area contributed by atoms with Crippen molar-refractivity contribution in [3.05, 3.63) is 17.3 Å². The van der Waals surface area contributed by atoms with Gasteiger partial charge in [-0.05, 0) is 13.0 Å². The molecule has 0 aliphatic carbocycles. The molecule has 1 aromatic rings. The summed E-state index contributed by atoms with van der Waals surface area (Å²) < 4.78 is 42.8. The Morgan fingerprint density at radius 2 is 2.14 bits per heavy atom. The highest BCUT2D eigenvalue weighted by Gasteiger charge is 2.40. The average molecular weight is 317 g/mol. The van der Waals surface area contributed by atoms with Gasteiger partial charge in [0.15, 0.2) is 11.6 Å². The Balaban J connectivity index is 2.45. The Bertz CT molecular complexity index is 676. The zero-order chi connectivity index (χ0) is 16.5. The van der Waals surface area contributed by atoms with Gasteiger partial charge in [0, 0.05) is 6.20 Å². The first kappa shape index (κ1) is 15.7. The summed E-state index contributed by atoms with van der Waals surface area (Å²) in [7, 11) is 0. The van der Waals surface area contributed by atoms with Crippen molar-refractivity contribution in [2.24, 2.45) is 0 Å². The number of halogens is 3. The van der Waals surface area contributed by atoms with Crippen molar-refractivity contribution in [3.8, 4) is 0 Å². The van der Waals surface area contributed by atoms with Gasteiger partial charge < -0.3 is 10.1 Å². The highest BCUT2D eigenvalue weighted by molar-refractivity contribution is 6.05. The first-order valence-corrected chi connectivity index (χ1v) is 6.11. The maximum atomic E-state index is 12.3. The first-order chi connectivity index (χ1) is 10.2. The predicted octanol–water partition coefficient (Wildman–Crippen LogP) is 1.16. The minimum atomic E-state index is -5.14. The Morgan fingerprint density at radius 1 is 1.45 bits per heavy atom. The SMILES string of the molecule is CCOC(=O)c1c(NC(=O)C(F)(F)F)nn2c1CC(=O)C=C2. The molecular formula is C12H10F3N3O4. The molecule has 2 rings (SSSR count). The molecule has 0 unspecified atom stereocenters. The quantitative estimate of drug-likeness (QED) is 0.845. The monoisotopic (exact) mass is 317 g/mol. The topological polar surface area (TPSA) is 90.3 Å². The Hall–Kier alpha value is -2.65. The molecule has 0 radical (unpaired) electrons. The third-order valence-electron chi connectivity index (χ3n) is 2.72. The van der Waals surface area contributed by atoms with Crippen LogP contribution in [0.5, 0.6) is 0 Å². The second-order valence-corrected chi connectivity index (χ2v) is 4.25. The van der Waals surface area contributed by atoms with Crippen LogP contribution in [0.2, 0.25) is 0 Å². The number of carbonyl (C=O) groups is 3. The van der Waals surface area contributed by atoms with Gasteiger partial charge in [0.1, 0.15) is 5.56 Å². The third-order valence-corrected chi connectivity index (χ3v) is 2.72. The number of carbonyl (C=O) groups excluding carboxylic acids is 3. The van der Waals surface area contributed by atoms with E-state index < -0.39 is 23.9 Å². The highest BCUT2D eigenvalue weighted by atomic mass is 19.4. The number of amides is 1. The fourth-order valence-corrected chi connectivity index (χ4v) is 1.82. The molecule has 0 saturated carbocycles. The first-order valence-electron chi connectivity index (χ1n) is 6.11. The van der Waals surface area contributed by atoms with Crippen molar-refractivity contribution < 1.29 is 32.3 Å². The van der Waals surface area contributed by atoms with Crippen molar-refractivity contribution in [1.29, 1.82) is 0 Å². The number of esters is 1. The van der Waals surface area contributed by atoms with Crippen molar-refractivity contribution in [1.82, 2.24) is 9.78 Å². The third kappa shape index (κ3) is 3.00. The van der Waals surface area contributed by atoms with Gasteiger partial charge in [-0.1, -0.05) is 0 Å². The number of nitrogens with one attached hydrogen (secondary N) is 1. The van der Waals surface area contributed by atoms with E-state index in [1.54, 1.807) is 0 Å². The molecule has 1 aliphatic heterocycles. The Labute approximate surface area is 121 Å². The van der Waals surface area contributed by atoms with Crippen molar-refractivity contribution >= 4 is 29.7 Å². The number of fused-ring (bicyclic) bond motifs is 1. The molecule has 2 heterocycles. The molecule has 1 N–H and O–H groups in total. The molecule has 7 nitrogen and oxygen atoms in total. The number of allylic oxidation sites excluding steroid dienone is 1. The molecule has 0 fully saturated rings. The summed E-state index contributed by atoms with van der Waals surface area (Å²) >= 11 is 0. The lowest BCUT2D eigenvalue weighted by molar-refractivity contribution is -0.167. The normalized spacial score (nSPS) is 13.7. The van der Waals surface area contributed by atoms with Crippen LogP contribution in [-0.4, -0.2) is 40.2 Å². The van der Waals surface area contributed by atoms with Gasteiger partial charge in [0.2, 0.25) is 0 Å². The van der Waals surface area contributed by atoms with Crippen LogP contribution in [0, 0.1) is 0 Å². The molecular weight excluding hydrogens is 307 g/mol. The standard InChI is InChI=1S/C12H10F3N3O4/c1-2-22-10(20)8-7-5-6(19)3-4-18(7)17-9(8)16-11(21)12(13,14)15/h3-4H,2,5H2,1H3,(H,16,17,21). The van der Waals surface area contributed by atoms with Crippen LogP contribution in [0.15, 0.2) is 6.08 Å². The maximum absolute atomic E-state index is 12.3. The van der Waals surface area contributed by atoms with E-state index in [0.717, 1.165) is 10.8 Å². The van der Waals surface area contributed by atoms with E-state index in [0.29, 0.717) is 0 Å². The number of anilines is 1. The summed E-state index contributed by atoms with van der Waals surface area (Å²) in [5.74, 6) is -4.20. The largest absolute Gasteiger partial charge is 0.471 e. The number of alkyl halides is 3. The minimum absolute atomic E-state index is 0.0279. The number of hydrogen-bond acceptors (Lipinski definition) is 5. The van der Waals surface area contributed by atoms with Crippen LogP contribution in [0.3, 0.4) is 0 Å². The second-order valence-electron chi connectivity index (χ2n) is 4.25.